The number of carbonyl (C=O) groups is 2. The van der Waals surface area contributed by atoms with E-state index in [-0.39, 0.29) is 17.8 Å². The zero-order valence-corrected chi connectivity index (χ0v) is 14.3. The molecule has 4 atom stereocenters. The van der Waals surface area contributed by atoms with Crippen molar-refractivity contribution in [3.8, 4) is 0 Å². The van der Waals surface area contributed by atoms with E-state index in [4.69, 9.17) is 4.74 Å². The molecule has 1 fully saturated rings. The molecule has 0 heterocycles. The van der Waals surface area contributed by atoms with Crippen molar-refractivity contribution in [3.05, 3.63) is 0 Å². The summed E-state index contributed by atoms with van der Waals surface area (Å²) in [6, 6.07) is 0. The first-order valence-electron chi connectivity index (χ1n) is 8.88. The van der Waals surface area contributed by atoms with Gasteiger partial charge in [0, 0.05) is 0 Å². The minimum absolute atomic E-state index is 0.0419. The Kier molecular flexibility index (Phi) is 8.51. The Bertz CT molecular complexity index is 353. The van der Waals surface area contributed by atoms with Crippen molar-refractivity contribution in [2.24, 2.45) is 23.7 Å². The second-order valence-corrected chi connectivity index (χ2v) is 6.86. The molecular weight excluding hydrogens is 280 g/mol. The summed E-state index contributed by atoms with van der Waals surface area (Å²) in [5.74, 6) is -2.11. The molecule has 0 aliphatic heterocycles. The zero-order chi connectivity index (χ0) is 16.5. The van der Waals surface area contributed by atoms with E-state index in [1.165, 1.54) is 25.7 Å². The van der Waals surface area contributed by atoms with Crippen LogP contribution in [-0.4, -0.2) is 23.7 Å². The summed E-state index contributed by atoms with van der Waals surface area (Å²) in [5, 5.41) is 9.43. The Labute approximate surface area is 134 Å². The average Bonchev–Trinajstić information content (AvgIpc) is 2.47. The highest BCUT2D eigenvalue weighted by Crippen LogP contribution is 2.39. The number of hydrogen-bond acceptors (Lipinski definition) is 3. The van der Waals surface area contributed by atoms with Gasteiger partial charge in [0.2, 0.25) is 0 Å². The summed E-state index contributed by atoms with van der Waals surface area (Å²) in [7, 11) is 0. The number of esters is 1. The standard InChI is InChI=1S/C18H32O4/c1-4-5-6-7-8-9-12-22-18(21)16-14(3)11-10-13(2)15(16)17(19)20/h13-16H,4-12H2,1-3H3,(H,19,20). The van der Waals surface area contributed by atoms with Gasteiger partial charge in [-0.3, -0.25) is 9.59 Å². The van der Waals surface area contributed by atoms with Gasteiger partial charge < -0.3 is 9.84 Å². The van der Waals surface area contributed by atoms with Crippen LogP contribution in [0.15, 0.2) is 0 Å². The summed E-state index contributed by atoms with van der Waals surface area (Å²) in [6.45, 7) is 6.51. The summed E-state index contributed by atoms with van der Waals surface area (Å²) < 4.78 is 5.38. The van der Waals surface area contributed by atoms with Gasteiger partial charge >= 0.3 is 11.9 Å². The van der Waals surface area contributed by atoms with Crippen molar-refractivity contribution in [3.63, 3.8) is 0 Å². The summed E-state index contributed by atoms with van der Waals surface area (Å²) >= 11 is 0. The number of hydrogen-bond donors (Lipinski definition) is 1. The molecule has 0 amide bonds. The molecule has 4 unspecified atom stereocenters. The molecule has 0 aromatic rings. The first-order valence-corrected chi connectivity index (χ1v) is 8.88. The summed E-state index contributed by atoms with van der Waals surface area (Å²) in [5.41, 5.74) is 0. The van der Waals surface area contributed by atoms with Gasteiger partial charge in [0.1, 0.15) is 0 Å². The summed E-state index contributed by atoms with van der Waals surface area (Å²) in [4.78, 5) is 23.8. The third-order valence-electron chi connectivity index (χ3n) is 4.99. The molecule has 1 aliphatic carbocycles. The molecule has 0 aromatic carbocycles. The monoisotopic (exact) mass is 312 g/mol. The Balaban J connectivity index is 2.39. The number of ether oxygens (including phenoxy) is 1. The van der Waals surface area contributed by atoms with Crippen LogP contribution in [-0.2, 0) is 14.3 Å². The lowest BCUT2D eigenvalue weighted by atomic mass is 9.67. The third-order valence-corrected chi connectivity index (χ3v) is 4.99. The second-order valence-electron chi connectivity index (χ2n) is 6.86. The Morgan fingerprint density at radius 3 is 2.09 bits per heavy atom. The predicted molar refractivity (Wildman–Crippen MR) is 86.5 cm³/mol. The van der Waals surface area contributed by atoms with Crippen molar-refractivity contribution >= 4 is 11.9 Å². The van der Waals surface area contributed by atoms with Gasteiger partial charge in [-0.1, -0.05) is 52.9 Å². The maximum absolute atomic E-state index is 12.3. The van der Waals surface area contributed by atoms with Crippen LogP contribution in [0.2, 0.25) is 0 Å². The minimum Gasteiger partial charge on any atom is -0.481 e. The van der Waals surface area contributed by atoms with Gasteiger partial charge in [0.15, 0.2) is 0 Å². The molecule has 128 valence electrons. The van der Waals surface area contributed by atoms with Crippen LogP contribution in [0.4, 0.5) is 0 Å². The lowest BCUT2D eigenvalue weighted by molar-refractivity contribution is -0.165. The van der Waals surface area contributed by atoms with E-state index in [0.717, 1.165) is 25.7 Å². The first kappa shape index (κ1) is 19.0. The van der Waals surface area contributed by atoms with Crippen LogP contribution in [0.3, 0.4) is 0 Å². The fourth-order valence-corrected chi connectivity index (χ4v) is 3.52. The van der Waals surface area contributed by atoms with Crippen LogP contribution in [0, 0.1) is 23.7 Å². The van der Waals surface area contributed by atoms with E-state index in [0.29, 0.717) is 6.61 Å². The molecule has 0 radical (unpaired) electrons. The highest BCUT2D eigenvalue weighted by Gasteiger charge is 2.44. The van der Waals surface area contributed by atoms with Crippen molar-refractivity contribution < 1.29 is 19.4 Å². The number of carboxylic acid groups (broad SMARTS) is 1. The molecule has 1 saturated carbocycles. The third kappa shape index (κ3) is 5.62. The molecule has 4 heteroatoms. The Morgan fingerprint density at radius 1 is 0.955 bits per heavy atom. The minimum atomic E-state index is -0.861. The normalized spacial score (nSPS) is 28.3. The highest BCUT2D eigenvalue weighted by atomic mass is 16.5. The van der Waals surface area contributed by atoms with Crippen LogP contribution < -0.4 is 0 Å². The maximum atomic E-state index is 12.3. The predicted octanol–water partition coefficient (Wildman–Crippen LogP) is 4.27. The first-order chi connectivity index (χ1) is 10.5. The Morgan fingerprint density at radius 2 is 1.50 bits per heavy atom. The number of unbranched alkanes of at least 4 members (excludes halogenated alkanes) is 5. The van der Waals surface area contributed by atoms with Gasteiger partial charge in [0.05, 0.1) is 18.4 Å². The zero-order valence-electron chi connectivity index (χ0n) is 14.3. The van der Waals surface area contributed by atoms with Crippen molar-refractivity contribution in [2.45, 2.75) is 72.1 Å². The van der Waals surface area contributed by atoms with Gasteiger partial charge in [-0.15, -0.1) is 0 Å². The molecule has 4 nitrogen and oxygen atoms in total. The van der Waals surface area contributed by atoms with E-state index in [2.05, 4.69) is 6.92 Å². The lowest BCUT2D eigenvalue weighted by Crippen LogP contribution is -2.42. The van der Waals surface area contributed by atoms with Crippen molar-refractivity contribution in [1.82, 2.24) is 0 Å². The van der Waals surface area contributed by atoms with Crippen LogP contribution in [0.5, 0.6) is 0 Å². The van der Waals surface area contributed by atoms with E-state index < -0.39 is 17.8 Å². The number of rotatable bonds is 9. The van der Waals surface area contributed by atoms with Gasteiger partial charge in [-0.05, 0) is 31.1 Å². The fraction of sp³-hybridized carbons (Fsp3) is 0.889. The smallest absolute Gasteiger partial charge is 0.310 e. The molecule has 0 saturated heterocycles. The van der Waals surface area contributed by atoms with Crippen LogP contribution >= 0.6 is 0 Å². The van der Waals surface area contributed by atoms with Gasteiger partial charge in [0.25, 0.3) is 0 Å². The van der Waals surface area contributed by atoms with E-state index in [1.54, 1.807) is 0 Å². The van der Waals surface area contributed by atoms with E-state index >= 15 is 0 Å². The van der Waals surface area contributed by atoms with Crippen LogP contribution in [0.25, 0.3) is 0 Å². The fourth-order valence-electron chi connectivity index (χ4n) is 3.52. The second kappa shape index (κ2) is 9.86. The molecule has 1 aliphatic rings. The van der Waals surface area contributed by atoms with Crippen molar-refractivity contribution in [1.29, 1.82) is 0 Å². The maximum Gasteiger partial charge on any atom is 0.310 e. The molecule has 1 N–H and O–H groups in total. The largest absolute Gasteiger partial charge is 0.481 e. The molecule has 22 heavy (non-hydrogen) atoms. The quantitative estimate of drug-likeness (QED) is 0.510. The molecule has 0 aromatic heterocycles. The van der Waals surface area contributed by atoms with Crippen molar-refractivity contribution in [2.75, 3.05) is 6.61 Å². The number of carboxylic acids is 1. The molecule has 0 spiro atoms. The Hall–Kier alpha value is -1.06. The lowest BCUT2D eigenvalue weighted by Gasteiger charge is -2.36. The SMILES string of the molecule is CCCCCCCCOC(=O)C1C(C)CCC(C)C1C(=O)O. The number of aliphatic carboxylic acids is 1. The van der Waals surface area contributed by atoms with Crippen LogP contribution in [0.1, 0.15) is 72.1 Å². The van der Waals surface area contributed by atoms with Gasteiger partial charge in [-0.25, -0.2) is 0 Å². The van der Waals surface area contributed by atoms with E-state index in [1.807, 2.05) is 13.8 Å². The summed E-state index contributed by atoms with van der Waals surface area (Å²) in [6.07, 6.45) is 8.64. The van der Waals surface area contributed by atoms with Gasteiger partial charge in [-0.2, -0.15) is 0 Å². The van der Waals surface area contributed by atoms with E-state index in [9.17, 15) is 14.7 Å². The average molecular weight is 312 g/mol. The highest BCUT2D eigenvalue weighted by molar-refractivity contribution is 5.81. The topological polar surface area (TPSA) is 63.6 Å². The number of carbonyl (C=O) groups excluding carboxylic acids is 1. The molecular formula is C18H32O4. The molecule has 0 bridgehead atoms. The molecule has 1 rings (SSSR count).